The molecule has 2 amide bonds. The molecule has 0 saturated carbocycles. The van der Waals surface area contributed by atoms with E-state index >= 15 is 0 Å². The Morgan fingerprint density at radius 2 is 1.88 bits per heavy atom. The van der Waals surface area contributed by atoms with E-state index in [-0.39, 0.29) is 31.5 Å². The van der Waals surface area contributed by atoms with Gasteiger partial charge in [-0.25, -0.2) is 0 Å². The molecule has 1 atom stereocenters. The maximum Gasteiger partial charge on any atom is 0.416 e. The molecule has 0 radical (unpaired) electrons. The average molecular weight is 485 g/mol. The normalized spacial score (nSPS) is 16.2. The van der Waals surface area contributed by atoms with Crippen LogP contribution in [0.15, 0.2) is 42.5 Å². The SMILES string of the molecule is CNC(=O)[C@@H]1Cc2ccc(NS(=O)(=O)O)cc2CN1C(=O)CCc1cccc(C(F)(F)F)c1. The summed E-state index contributed by atoms with van der Waals surface area (Å²) in [6, 6.07) is 8.37. The number of rotatable bonds is 6. The van der Waals surface area contributed by atoms with Gasteiger partial charge in [0.15, 0.2) is 0 Å². The highest BCUT2D eigenvalue weighted by atomic mass is 32.2. The molecule has 8 nitrogen and oxygen atoms in total. The topological polar surface area (TPSA) is 116 Å². The lowest BCUT2D eigenvalue weighted by molar-refractivity contribution is -0.141. The number of likely N-dealkylation sites (N-methyl/N-ethyl adjacent to an activating group) is 1. The van der Waals surface area contributed by atoms with E-state index in [1.807, 2.05) is 4.72 Å². The molecular formula is C21H22F3N3O5S. The van der Waals surface area contributed by atoms with Crippen molar-refractivity contribution in [3.63, 3.8) is 0 Å². The van der Waals surface area contributed by atoms with Crippen LogP contribution >= 0.6 is 0 Å². The molecule has 1 aliphatic rings. The number of amides is 2. The maximum atomic E-state index is 13.0. The predicted molar refractivity (Wildman–Crippen MR) is 113 cm³/mol. The molecule has 0 aliphatic carbocycles. The number of alkyl halides is 3. The van der Waals surface area contributed by atoms with Crippen LogP contribution in [0, 0.1) is 0 Å². The number of halogens is 3. The Labute approximate surface area is 188 Å². The number of nitrogens with zero attached hydrogens (tertiary/aromatic N) is 1. The smallest absolute Gasteiger partial charge is 0.357 e. The van der Waals surface area contributed by atoms with Gasteiger partial charge in [0.2, 0.25) is 11.8 Å². The standard InChI is InChI=1S/C21H22F3N3O5S/c1-25-20(29)18-11-14-6-7-17(26-33(30,31)32)10-15(14)12-27(18)19(28)8-5-13-3-2-4-16(9-13)21(22,23)24/h2-4,6-7,9-10,18,26H,5,8,11-12H2,1H3,(H,25,29)(H,30,31,32)/t18-/m0/s1. The molecule has 1 heterocycles. The number of nitrogens with one attached hydrogen (secondary N) is 2. The second-order valence-corrected chi connectivity index (χ2v) is 8.77. The van der Waals surface area contributed by atoms with Crippen LogP contribution in [0.5, 0.6) is 0 Å². The molecule has 0 aromatic heterocycles. The molecule has 33 heavy (non-hydrogen) atoms. The van der Waals surface area contributed by atoms with Crippen LogP contribution in [0.25, 0.3) is 0 Å². The Balaban J connectivity index is 1.80. The molecule has 12 heteroatoms. The van der Waals surface area contributed by atoms with Crippen LogP contribution in [-0.4, -0.2) is 42.8 Å². The van der Waals surface area contributed by atoms with Crippen molar-refractivity contribution in [3.8, 4) is 0 Å². The van der Waals surface area contributed by atoms with E-state index in [0.717, 1.165) is 17.7 Å². The zero-order chi connectivity index (χ0) is 24.4. The first-order valence-electron chi connectivity index (χ1n) is 9.91. The van der Waals surface area contributed by atoms with Gasteiger partial charge in [0.05, 0.1) is 11.3 Å². The Morgan fingerprint density at radius 3 is 2.52 bits per heavy atom. The molecule has 0 fully saturated rings. The Kier molecular flexibility index (Phi) is 6.98. The van der Waals surface area contributed by atoms with E-state index < -0.39 is 39.9 Å². The second-order valence-electron chi connectivity index (χ2n) is 7.61. The highest BCUT2D eigenvalue weighted by Gasteiger charge is 2.34. The van der Waals surface area contributed by atoms with Crippen LogP contribution in [0.4, 0.5) is 18.9 Å². The summed E-state index contributed by atoms with van der Waals surface area (Å²) in [7, 11) is -3.06. The molecule has 0 saturated heterocycles. The van der Waals surface area contributed by atoms with Crippen molar-refractivity contribution in [2.75, 3.05) is 11.8 Å². The van der Waals surface area contributed by atoms with Gasteiger partial charge in [-0.15, -0.1) is 0 Å². The molecule has 178 valence electrons. The first kappa shape index (κ1) is 24.5. The quantitative estimate of drug-likeness (QED) is 0.544. The summed E-state index contributed by atoms with van der Waals surface area (Å²) in [5.41, 5.74) is 0.932. The van der Waals surface area contributed by atoms with E-state index in [1.54, 1.807) is 6.07 Å². The number of hydrogen-bond acceptors (Lipinski definition) is 4. The van der Waals surface area contributed by atoms with Crippen molar-refractivity contribution in [3.05, 3.63) is 64.7 Å². The van der Waals surface area contributed by atoms with E-state index in [0.29, 0.717) is 11.1 Å². The highest BCUT2D eigenvalue weighted by Crippen LogP contribution is 2.30. The lowest BCUT2D eigenvalue weighted by Crippen LogP contribution is -2.52. The number of aryl methyl sites for hydroxylation is 1. The molecule has 0 spiro atoms. The van der Waals surface area contributed by atoms with Gasteiger partial charge in [0.1, 0.15) is 6.04 Å². The minimum Gasteiger partial charge on any atom is -0.357 e. The van der Waals surface area contributed by atoms with Gasteiger partial charge < -0.3 is 10.2 Å². The van der Waals surface area contributed by atoms with Crippen molar-refractivity contribution in [2.45, 2.75) is 38.0 Å². The van der Waals surface area contributed by atoms with Crippen molar-refractivity contribution >= 4 is 27.8 Å². The minimum atomic E-state index is -4.49. The molecule has 3 rings (SSSR count). The van der Waals surface area contributed by atoms with Gasteiger partial charge >= 0.3 is 16.5 Å². The number of hydrogen-bond donors (Lipinski definition) is 3. The molecule has 0 unspecified atom stereocenters. The average Bonchev–Trinajstić information content (AvgIpc) is 2.74. The van der Waals surface area contributed by atoms with E-state index in [9.17, 15) is 31.2 Å². The molecular weight excluding hydrogens is 463 g/mol. The molecule has 2 aromatic carbocycles. The third kappa shape index (κ3) is 6.23. The van der Waals surface area contributed by atoms with Crippen molar-refractivity contribution in [1.29, 1.82) is 0 Å². The van der Waals surface area contributed by atoms with Gasteiger partial charge in [-0.1, -0.05) is 24.3 Å². The van der Waals surface area contributed by atoms with Crippen LogP contribution in [0.2, 0.25) is 0 Å². The minimum absolute atomic E-state index is 0.00413. The van der Waals surface area contributed by atoms with Gasteiger partial charge in [0, 0.05) is 26.4 Å². The van der Waals surface area contributed by atoms with Crippen LogP contribution < -0.4 is 10.0 Å². The van der Waals surface area contributed by atoms with Crippen LogP contribution in [0.3, 0.4) is 0 Å². The summed E-state index contributed by atoms with van der Waals surface area (Å²) in [5.74, 6) is -0.826. The predicted octanol–water partition coefficient (Wildman–Crippen LogP) is 2.55. The Hall–Kier alpha value is -3.12. The zero-order valence-electron chi connectivity index (χ0n) is 17.5. The number of carbonyl (C=O) groups excluding carboxylic acids is 2. The van der Waals surface area contributed by atoms with E-state index in [4.69, 9.17) is 4.55 Å². The van der Waals surface area contributed by atoms with Gasteiger partial charge in [-0.2, -0.15) is 21.6 Å². The second kappa shape index (κ2) is 9.40. The van der Waals surface area contributed by atoms with E-state index in [1.165, 1.54) is 36.2 Å². The van der Waals surface area contributed by atoms with Crippen LogP contribution in [0.1, 0.15) is 28.7 Å². The number of benzene rings is 2. The highest BCUT2D eigenvalue weighted by molar-refractivity contribution is 7.87. The van der Waals surface area contributed by atoms with Gasteiger partial charge in [-0.05, 0) is 41.3 Å². The first-order valence-corrected chi connectivity index (χ1v) is 11.4. The van der Waals surface area contributed by atoms with Gasteiger partial charge in [0.25, 0.3) is 0 Å². The third-order valence-corrected chi connectivity index (χ3v) is 5.83. The summed E-state index contributed by atoms with van der Waals surface area (Å²) in [6.45, 7) is -0.00413. The van der Waals surface area contributed by atoms with Crippen molar-refractivity contribution < 1.29 is 35.7 Å². The summed E-state index contributed by atoms with van der Waals surface area (Å²) in [5, 5.41) is 2.51. The number of anilines is 1. The summed E-state index contributed by atoms with van der Waals surface area (Å²) in [6.07, 6.45) is -4.38. The summed E-state index contributed by atoms with van der Waals surface area (Å²) < 4.78 is 71.9. The maximum absolute atomic E-state index is 13.0. The fourth-order valence-electron chi connectivity index (χ4n) is 3.76. The van der Waals surface area contributed by atoms with Crippen LogP contribution in [-0.2, 0) is 45.5 Å². The molecule has 0 bridgehead atoms. The fraction of sp³-hybridized carbons (Fsp3) is 0.333. The fourth-order valence-corrected chi connectivity index (χ4v) is 4.18. The molecule has 1 aliphatic heterocycles. The summed E-state index contributed by atoms with van der Waals surface area (Å²) >= 11 is 0. The zero-order valence-corrected chi connectivity index (χ0v) is 18.3. The molecule has 3 N–H and O–H groups in total. The third-order valence-electron chi connectivity index (χ3n) is 5.33. The first-order chi connectivity index (χ1) is 15.4. The lowest BCUT2D eigenvalue weighted by Gasteiger charge is -2.36. The van der Waals surface area contributed by atoms with Gasteiger partial charge in [-0.3, -0.25) is 18.9 Å². The molecule has 2 aromatic rings. The largest absolute Gasteiger partial charge is 0.416 e. The number of carbonyl (C=O) groups is 2. The van der Waals surface area contributed by atoms with Crippen molar-refractivity contribution in [1.82, 2.24) is 10.2 Å². The number of fused-ring (bicyclic) bond motifs is 1. The van der Waals surface area contributed by atoms with Crippen molar-refractivity contribution in [2.24, 2.45) is 0 Å². The lowest BCUT2D eigenvalue weighted by atomic mass is 9.92. The summed E-state index contributed by atoms with van der Waals surface area (Å²) in [4.78, 5) is 26.7. The Morgan fingerprint density at radius 1 is 1.15 bits per heavy atom. The van der Waals surface area contributed by atoms with E-state index in [2.05, 4.69) is 5.32 Å². The monoisotopic (exact) mass is 485 g/mol. The Bertz CT molecular complexity index is 1170.